The minimum atomic E-state index is -1.11. The Bertz CT molecular complexity index is 295. The molecule has 0 saturated heterocycles. The van der Waals surface area contributed by atoms with Crippen LogP contribution in [0.1, 0.15) is 13.3 Å². The summed E-state index contributed by atoms with van der Waals surface area (Å²) < 4.78 is 0. The van der Waals surface area contributed by atoms with Crippen LogP contribution in [0.3, 0.4) is 0 Å². The summed E-state index contributed by atoms with van der Waals surface area (Å²) in [5.41, 5.74) is 1.58. The number of allylic oxidation sites excluding steroid dienone is 4. The molecule has 0 radical (unpaired) electrons. The Balaban J connectivity index is 3.23. The molecule has 0 spiro atoms. The van der Waals surface area contributed by atoms with Crippen LogP contribution in [0.15, 0.2) is 22.0 Å². The van der Waals surface area contributed by atoms with Crippen molar-refractivity contribution < 1.29 is 0 Å². The van der Waals surface area contributed by atoms with Gasteiger partial charge in [0, 0.05) is 0 Å². The highest BCUT2D eigenvalue weighted by molar-refractivity contribution is 6.90. The molecule has 0 unspecified atom stereocenters. The molecule has 2 heteroatoms. The van der Waals surface area contributed by atoms with E-state index < -0.39 is 16.1 Å². The van der Waals surface area contributed by atoms with E-state index >= 15 is 0 Å². The van der Waals surface area contributed by atoms with Crippen molar-refractivity contribution in [3.63, 3.8) is 0 Å². The van der Waals surface area contributed by atoms with Gasteiger partial charge in [-0.25, -0.2) is 0 Å². The molecule has 0 aliphatic heterocycles. The lowest BCUT2D eigenvalue weighted by Crippen LogP contribution is -2.32. The molecule has 0 atom stereocenters. The van der Waals surface area contributed by atoms with Gasteiger partial charge in [0.25, 0.3) is 0 Å². The molecule has 0 fully saturated rings. The topological polar surface area (TPSA) is 0 Å². The summed E-state index contributed by atoms with van der Waals surface area (Å²) >= 11 is 0. The molecular weight excluding hydrogens is 200 g/mol. The fourth-order valence-electron chi connectivity index (χ4n) is 2.42. The van der Waals surface area contributed by atoms with Crippen LogP contribution in [-0.4, -0.2) is 16.1 Å². The SMILES string of the molecule is CC1=CCC([Si](C)(C)C)=C1[Si](C)(C)C. The van der Waals surface area contributed by atoms with Crippen molar-refractivity contribution in [3.05, 3.63) is 22.0 Å². The zero-order chi connectivity index (χ0) is 11.1. The van der Waals surface area contributed by atoms with E-state index in [4.69, 9.17) is 0 Å². The molecule has 0 N–H and O–H groups in total. The quantitative estimate of drug-likeness (QED) is 0.610. The highest BCUT2D eigenvalue weighted by Gasteiger charge is 2.32. The lowest BCUT2D eigenvalue weighted by Gasteiger charge is -2.28. The van der Waals surface area contributed by atoms with Crippen LogP contribution in [0.2, 0.25) is 39.3 Å². The zero-order valence-electron chi connectivity index (χ0n) is 10.8. The van der Waals surface area contributed by atoms with E-state index in [1.54, 1.807) is 10.8 Å². The third kappa shape index (κ3) is 2.29. The summed E-state index contributed by atoms with van der Waals surface area (Å²) in [6, 6.07) is 0. The monoisotopic (exact) mass is 224 g/mol. The minimum Gasteiger partial charge on any atom is -0.0780 e. The molecule has 0 amide bonds. The maximum atomic E-state index is 2.48. The highest BCUT2D eigenvalue weighted by Crippen LogP contribution is 2.37. The van der Waals surface area contributed by atoms with E-state index in [0.717, 1.165) is 0 Å². The highest BCUT2D eigenvalue weighted by atomic mass is 28.3. The predicted molar refractivity (Wildman–Crippen MR) is 72.1 cm³/mol. The summed E-state index contributed by atoms with van der Waals surface area (Å²) in [6.45, 7) is 17.2. The van der Waals surface area contributed by atoms with E-state index in [-0.39, 0.29) is 0 Å². The van der Waals surface area contributed by atoms with Gasteiger partial charge in [0.1, 0.15) is 0 Å². The van der Waals surface area contributed by atoms with Crippen molar-refractivity contribution in [1.29, 1.82) is 0 Å². The second-order valence-corrected chi connectivity index (χ2v) is 16.5. The zero-order valence-corrected chi connectivity index (χ0v) is 12.8. The van der Waals surface area contributed by atoms with Crippen LogP contribution < -0.4 is 0 Å². The van der Waals surface area contributed by atoms with Crippen molar-refractivity contribution in [3.8, 4) is 0 Å². The van der Waals surface area contributed by atoms with Gasteiger partial charge in [0.05, 0.1) is 16.1 Å². The molecule has 0 nitrogen and oxygen atoms in total. The van der Waals surface area contributed by atoms with Gasteiger partial charge in [-0.05, 0) is 13.3 Å². The van der Waals surface area contributed by atoms with Crippen LogP contribution in [0.5, 0.6) is 0 Å². The van der Waals surface area contributed by atoms with Gasteiger partial charge in [-0.3, -0.25) is 0 Å². The van der Waals surface area contributed by atoms with E-state index in [9.17, 15) is 0 Å². The minimum absolute atomic E-state index is 1.08. The third-order valence-corrected chi connectivity index (χ3v) is 7.67. The van der Waals surface area contributed by atoms with Gasteiger partial charge in [-0.15, -0.1) is 0 Å². The van der Waals surface area contributed by atoms with Crippen molar-refractivity contribution in [2.45, 2.75) is 52.6 Å². The lowest BCUT2D eigenvalue weighted by molar-refractivity contribution is 1.34. The first-order chi connectivity index (χ1) is 6.14. The molecule has 0 bridgehead atoms. The Hall–Kier alpha value is -0.0862. The van der Waals surface area contributed by atoms with Gasteiger partial charge < -0.3 is 0 Å². The number of hydrogen-bond donors (Lipinski definition) is 0. The molecule has 0 aromatic heterocycles. The predicted octanol–water partition coefficient (Wildman–Crippen LogP) is 4.39. The van der Waals surface area contributed by atoms with Crippen molar-refractivity contribution in [1.82, 2.24) is 0 Å². The molecule has 1 aliphatic carbocycles. The van der Waals surface area contributed by atoms with Crippen LogP contribution in [0.4, 0.5) is 0 Å². The Kier molecular flexibility index (Phi) is 2.99. The van der Waals surface area contributed by atoms with E-state index in [1.165, 1.54) is 6.42 Å². The molecular formula is C12H24Si2. The van der Waals surface area contributed by atoms with Crippen molar-refractivity contribution in [2.75, 3.05) is 0 Å². The van der Waals surface area contributed by atoms with Crippen LogP contribution >= 0.6 is 0 Å². The van der Waals surface area contributed by atoms with Gasteiger partial charge >= 0.3 is 0 Å². The van der Waals surface area contributed by atoms with Crippen LogP contribution in [-0.2, 0) is 0 Å². The van der Waals surface area contributed by atoms with Crippen molar-refractivity contribution in [2.24, 2.45) is 0 Å². The number of hydrogen-bond acceptors (Lipinski definition) is 0. The molecule has 0 heterocycles. The second-order valence-electron chi connectivity index (χ2n) is 6.44. The molecule has 80 valence electrons. The first kappa shape index (κ1) is 12.0. The first-order valence-corrected chi connectivity index (χ1v) is 12.6. The molecule has 14 heavy (non-hydrogen) atoms. The fraction of sp³-hybridized carbons (Fsp3) is 0.667. The first-order valence-electron chi connectivity index (χ1n) is 5.55. The molecule has 1 aliphatic rings. The largest absolute Gasteiger partial charge is 0.0780 e. The standard InChI is InChI=1S/C12H24Si2/c1-10-8-9-11(13(2,3)4)12(10)14(5,6)7/h8H,9H2,1-7H3. The molecule has 1 rings (SSSR count). The van der Waals surface area contributed by atoms with E-state index in [0.29, 0.717) is 0 Å². The third-order valence-electron chi connectivity index (χ3n) is 2.96. The van der Waals surface area contributed by atoms with Gasteiger partial charge in [-0.2, -0.15) is 0 Å². The van der Waals surface area contributed by atoms with Gasteiger partial charge in [0.15, 0.2) is 0 Å². The van der Waals surface area contributed by atoms with Gasteiger partial charge in [-0.1, -0.05) is 61.3 Å². The average molecular weight is 224 g/mol. The Morgan fingerprint density at radius 2 is 1.43 bits per heavy atom. The van der Waals surface area contributed by atoms with E-state index in [1.807, 2.05) is 5.20 Å². The summed E-state index contributed by atoms with van der Waals surface area (Å²) in [7, 11) is -2.19. The summed E-state index contributed by atoms with van der Waals surface area (Å²) in [5, 5.41) is 3.62. The second kappa shape index (κ2) is 3.49. The fourth-order valence-corrected chi connectivity index (χ4v) is 8.63. The van der Waals surface area contributed by atoms with Crippen LogP contribution in [0, 0.1) is 0 Å². The van der Waals surface area contributed by atoms with Crippen molar-refractivity contribution >= 4 is 16.1 Å². The Morgan fingerprint density at radius 3 is 1.71 bits per heavy atom. The average Bonchev–Trinajstić information content (AvgIpc) is 2.27. The van der Waals surface area contributed by atoms with Gasteiger partial charge in [0.2, 0.25) is 0 Å². The maximum absolute atomic E-state index is 2.48. The number of rotatable bonds is 2. The normalized spacial score (nSPS) is 18.9. The Labute approximate surface area is 91.1 Å². The molecule has 0 saturated carbocycles. The van der Waals surface area contributed by atoms with E-state index in [2.05, 4.69) is 52.3 Å². The Morgan fingerprint density at radius 1 is 0.929 bits per heavy atom. The lowest BCUT2D eigenvalue weighted by atomic mass is 10.3. The summed E-state index contributed by atoms with van der Waals surface area (Å²) in [6.07, 6.45) is 3.70. The summed E-state index contributed by atoms with van der Waals surface area (Å²) in [4.78, 5) is 0. The molecule has 0 aromatic rings. The maximum Gasteiger partial charge on any atom is 0.0773 e. The summed E-state index contributed by atoms with van der Waals surface area (Å²) in [5.74, 6) is 0. The molecule has 0 aromatic carbocycles. The smallest absolute Gasteiger partial charge is 0.0773 e. The van der Waals surface area contributed by atoms with Crippen LogP contribution in [0.25, 0.3) is 0 Å².